The second kappa shape index (κ2) is 6.05. The highest BCUT2D eigenvalue weighted by Gasteiger charge is 2.42. The quantitative estimate of drug-likeness (QED) is 0.500. The number of rotatable bonds is 2. The summed E-state index contributed by atoms with van der Waals surface area (Å²) >= 11 is 0. The molecule has 6 rings (SSSR count). The van der Waals surface area contributed by atoms with Crippen molar-refractivity contribution < 1.29 is 0 Å². The minimum absolute atomic E-state index is 0.392. The summed E-state index contributed by atoms with van der Waals surface area (Å²) in [5.41, 5.74) is 8.64. The number of hydrogen-bond donors (Lipinski definition) is 0. The Morgan fingerprint density at radius 3 is 2.64 bits per heavy atom. The second-order valence-electron chi connectivity index (χ2n) is 8.11. The van der Waals surface area contributed by atoms with Crippen molar-refractivity contribution in [3.8, 4) is 0 Å². The van der Waals surface area contributed by atoms with Crippen molar-refractivity contribution in [1.82, 2.24) is 14.5 Å². The van der Waals surface area contributed by atoms with Gasteiger partial charge in [0.25, 0.3) is 0 Å². The number of aryl methyl sites for hydroxylation is 1. The minimum atomic E-state index is 0.392. The fourth-order valence-electron chi connectivity index (χ4n) is 5.47. The van der Waals surface area contributed by atoms with E-state index in [1.807, 2.05) is 6.20 Å². The van der Waals surface area contributed by atoms with Gasteiger partial charge in [0.1, 0.15) is 0 Å². The number of pyridine rings is 1. The third kappa shape index (κ3) is 2.23. The lowest BCUT2D eigenvalue weighted by Crippen LogP contribution is -2.43. The molecule has 2 aliphatic rings. The van der Waals surface area contributed by atoms with Crippen LogP contribution < -0.4 is 0 Å². The van der Waals surface area contributed by atoms with Crippen LogP contribution in [0.3, 0.4) is 0 Å². The fraction of sp³-hybridized carbons (Fsp3) is 0.240. The van der Waals surface area contributed by atoms with Gasteiger partial charge in [-0.1, -0.05) is 48.5 Å². The molecule has 0 saturated carbocycles. The lowest BCUT2D eigenvalue weighted by atomic mass is 9.79. The molecule has 0 unspecified atom stereocenters. The van der Waals surface area contributed by atoms with Crippen molar-refractivity contribution in [2.24, 2.45) is 7.05 Å². The number of fused-ring (bicyclic) bond motifs is 8. The maximum absolute atomic E-state index is 4.43. The molecule has 4 aromatic rings. The van der Waals surface area contributed by atoms with Crippen LogP contribution in [0.15, 0.2) is 73.1 Å². The van der Waals surface area contributed by atoms with Crippen molar-refractivity contribution in [2.75, 3.05) is 0 Å². The highest BCUT2D eigenvalue weighted by Crippen LogP contribution is 2.49. The monoisotopic (exact) mass is 365 g/mol. The molecule has 3 nitrogen and oxygen atoms in total. The molecular formula is C25H23N3. The van der Waals surface area contributed by atoms with Crippen LogP contribution in [0.2, 0.25) is 0 Å². The Hall–Kier alpha value is -2.91. The van der Waals surface area contributed by atoms with Gasteiger partial charge < -0.3 is 4.57 Å². The van der Waals surface area contributed by atoms with Crippen molar-refractivity contribution in [3.63, 3.8) is 0 Å². The van der Waals surface area contributed by atoms with E-state index >= 15 is 0 Å². The van der Waals surface area contributed by atoms with E-state index in [1.165, 1.54) is 33.3 Å². The van der Waals surface area contributed by atoms with E-state index in [0.29, 0.717) is 12.1 Å². The molecule has 0 fully saturated rings. The molecule has 2 aromatic heterocycles. The van der Waals surface area contributed by atoms with E-state index in [4.69, 9.17) is 0 Å². The molecule has 0 radical (unpaired) electrons. The number of benzene rings is 2. The van der Waals surface area contributed by atoms with Gasteiger partial charge >= 0.3 is 0 Å². The summed E-state index contributed by atoms with van der Waals surface area (Å²) in [5.74, 6) is 0. The molecule has 0 N–H and O–H groups in total. The molecule has 3 heteroatoms. The van der Waals surface area contributed by atoms with E-state index in [9.17, 15) is 0 Å². The second-order valence-corrected chi connectivity index (χ2v) is 8.11. The Labute approximate surface area is 165 Å². The zero-order valence-corrected chi connectivity index (χ0v) is 16.0. The Balaban J connectivity index is 1.55. The van der Waals surface area contributed by atoms with Crippen molar-refractivity contribution in [3.05, 3.63) is 101 Å². The Morgan fingerprint density at radius 1 is 0.929 bits per heavy atom. The molecular weight excluding hydrogens is 342 g/mol. The van der Waals surface area contributed by atoms with Gasteiger partial charge in [0, 0.05) is 48.6 Å². The van der Waals surface area contributed by atoms with Crippen LogP contribution in [0, 0.1) is 0 Å². The molecule has 4 heterocycles. The summed E-state index contributed by atoms with van der Waals surface area (Å²) in [5, 5.41) is 1.42. The first-order valence-corrected chi connectivity index (χ1v) is 10.1. The molecule has 2 aliphatic heterocycles. The molecule has 0 spiro atoms. The predicted molar refractivity (Wildman–Crippen MR) is 112 cm³/mol. The van der Waals surface area contributed by atoms with Crippen LogP contribution in [0.1, 0.15) is 40.0 Å². The lowest BCUT2D eigenvalue weighted by Gasteiger charge is -2.47. The molecule has 28 heavy (non-hydrogen) atoms. The smallest absolute Gasteiger partial charge is 0.0554 e. The Morgan fingerprint density at radius 2 is 1.75 bits per heavy atom. The van der Waals surface area contributed by atoms with Gasteiger partial charge in [0.05, 0.1) is 6.04 Å². The average Bonchev–Trinajstić information content (AvgIpc) is 3.02. The summed E-state index contributed by atoms with van der Waals surface area (Å²) in [7, 11) is 2.24. The third-order valence-corrected chi connectivity index (χ3v) is 6.70. The molecule has 2 aromatic carbocycles. The third-order valence-electron chi connectivity index (χ3n) is 6.70. The van der Waals surface area contributed by atoms with E-state index in [0.717, 1.165) is 19.4 Å². The largest absolute Gasteiger partial charge is 0.346 e. The van der Waals surface area contributed by atoms with E-state index in [2.05, 4.69) is 88.4 Å². The highest BCUT2D eigenvalue weighted by molar-refractivity contribution is 5.86. The molecule has 0 amide bonds. The molecule has 138 valence electrons. The van der Waals surface area contributed by atoms with Crippen LogP contribution in [0.25, 0.3) is 10.9 Å². The van der Waals surface area contributed by atoms with E-state index in [1.54, 1.807) is 5.56 Å². The van der Waals surface area contributed by atoms with Gasteiger partial charge in [-0.3, -0.25) is 9.88 Å². The van der Waals surface area contributed by atoms with Crippen molar-refractivity contribution >= 4 is 10.9 Å². The van der Waals surface area contributed by atoms with Crippen molar-refractivity contribution in [2.45, 2.75) is 31.5 Å². The van der Waals surface area contributed by atoms with Gasteiger partial charge in [-0.25, -0.2) is 0 Å². The average molecular weight is 365 g/mol. The standard InChI is InChI=1S/C25H23N3/c1-27-22-10-6-5-9-20(22)21-14-23-19-11-12-26-15-18(19)13-24(25(21)27)28(23)16-17-7-3-2-4-8-17/h2-12,15,23-24H,13-14,16H2,1H3/t23-,24-/m0/s1. The number of para-hydroxylation sites is 1. The molecule has 2 atom stereocenters. The first kappa shape index (κ1) is 16.1. The predicted octanol–water partition coefficient (Wildman–Crippen LogP) is 4.97. The van der Waals surface area contributed by atoms with Gasteiger partial charge in [-0.2, -0.15) is 0 Å². The summed E-state index contributed by atoms with van der Waals surface area (Å²) < 4.78 is 2.44. The maximum atomic E-state index is 4.43. The first-order valence-electron chi connectivity index (χ1n) is 10.1. The molecule has 2 bridgehead atoms. The fourth-order valence-corrected chi connectivity index (χ4v) is 5.47. The summed E-state index contributed by atoms with van der Waals surface area (Å²) in [6.07, 6.45) is 6.14. The van der Waals surface area contributed by atoms with Crippen LogP contribution >= 0.6 is 0 Å². The summed E-state index contributed by atoms with van der Waals surface area (Å²) in [6.45, 7) is 0.985. The van der Waals surface area contributed by atoms with Gasteiger partial charge in [-0.05, 0) is 47.2 Å². The van der Waals surface area contributed by atoms with Crippen molar-refractivity contribution in [1.29, 1.82) is 0 Å². The van der Waals surface area contributed by atoms with Crippen LogP contribution in [0.4, 0.5) is 0 Å². The van der Waals surface area contributed by atoms with E-state index in [-0.39, 0.29) is 0 Å². The molecule has 0 aliphatic carbocycles. The zero-order chi connectivity index (χ0) is 18.7. The van der Waals surface area contributed by atoms with Crippen LogP contribution in [0.5, 0.6) is 0 Å². The minimum Gasteiger partial charge on any atom is -0.346 e. The summed E-state index contributed by atoms with van der Waals surface area (Å²) in [6, 6.07) is 22.8. The highest BCUT2D eigenvalue weighted by atomic mass is 15.2. The molecule has 0 saturated heterocycles. The van der Waals surface area contributed by atoms with Crippen LogP contribution in [-0.2, 0) is 26.4 Å². The van der Waals surface area contributed by atoms with E-state index < -0.39 is 0 Å². The first-order chi connectivity index (χ1) is 13.8. The Bertz CT molecular complexity index is 1180. The number of nitrogens with zero attached hydrogens (tertiary/aromatic N) is 3. The normalized spacial score (nSPS) is 20.8. The topological polar surface area (TPSA) is 21.1 Å². The Kier molecular flexibility index (Phi) is 3.47. The number of hydrogen-bond acceptors (Lipinski definition) is 2. The van der Waals surface area contributed by atoms with Gasteiger partial charge in [-0.15, -0.1) is 0 Å². The zero-order valence-electron chi connectivity index (χ0n) is 16.0. The number of aromatic nitrogens is 2. The van der Waals surface area contributed by atoms with Gasteiger partial charge in [0.15, 0.2) is 0 Å². The summed E-state index contributed by atoms with van der Waals surface area (Å²) in [4.78, 5) is 7.15. The van der Waals surface area contributed by atoms with Gasteiger partial charge in [0.2, 0.25) is 0 Å². The SMILES string of the molecule is Cn1c2c(c3ccccc31)C[C@H]1c3ccncc3C[C@@H]2N1Cc1ccccc1. The maximum Gasteiger partial charge on any atom is 0.0554 e. The van der Waals surface area contributed by atoms with Crippen LogP contribution in [-0.4, -0.2) is 14.5 Å². The lowest BCUT2D eigenvalue weighted by molar-refractivity contribution is 0.0881.